The van der Waals surface area contributed by atoms with Crippen LogP contribution in [0.15, 0.2) is 42.5 Å². The number of esters is 1. The molecule has 0 fully saturated rings. The summed E-state index contributed by atoms with van der Waals surface area (Å²) in [6, 6.07) is 12.4. The molecule has 2 aromatic rings. The van der Waals surface area contributed by atoms with Crippen molar-refractivity contribution in [2.75, 3.05) is 27.1 Å². The second kappa shape index (κ2) is 8.24. The molecule has 0 bridgehead atoms. The summed E-state index contributed by atoms with van der Waals surface area (Å²) in [5, 5.41) is 2.53. The van der Waals surface area contributed by atoms with Gasteiger partial charge in [0.2, 0.25) is 6.79 Å². The van der Waals surface area contributed by atoms with Crippen LogP contribution in [0.4, 0.5) is 0 Å². The number of fused-ring (bicyclic) bond motifs is 1. The summed E-state index contributed by atoms with van der Waals surface area (Å²) in [4.78, 5) is 23.8. The van der Waals surface area contributed by atoms with Crippen LogP contribution in [0.2, 0.25) is 0 Å². The minimum atomic E-state index is -0.493. The molecule has 7 heteroatoms. The van der Waals surface area contributed by atoms with Crippen molar-refractivity contribution in [2.24, 2.45) is 0 Å². The highest BCUT2D eigenvalue weighted by atomic mass is 16.7. The third kappa shape index (κ3) is 4.44. The van der Waals surface area contributed by atoms with Crippen LogP contribution in [-0.2, 0) is 16.0 Å². The fourth-order valence-electron chi connectivity index (χ4n) is 2.42. The van der Waals surface area contributed by atoms with E-state index in [1.807, 2.05) is 24.3 Å². The Morgan fingerprint density at radius 2 is 1.85 bits per heavy atom. The van der Waals surface area contributed by atoms with Gasteiger partial charge in [0.25, 0.3) is 5.91 Å². The van der Waals surface area contributed by atoms with E-state index in [4.69, 9.17) is 18.9 Å². The molecule has 2 aromatic carbocycles. The van der Waals surface area contributed by atoms with Crippen LogP contribution in [-0.4, -0.2) is 38.9 Å². The van der Waals surface area contributed by atoms with E-state index < -0.39 is 5.97 Å². The average Bonchev–Trinajstić information content (AvgIpc) is 3.14. The van der Waals surface area contributed by atoms with E-state index in [1.165, 1.54) is 0 Å². The maximum absolute atomic E-state index is 12.1. The highest BCUT2D eigenvalue weighted by Crippen LogP contribution is 2.32. The largest absolute Gasteiger partial charge is 0.497 e. The molecule has 0 spiro atoms. The lowest BCUT2D eigenvalue weighted by molar-refractivity contribution is -0.142. The number of methoxy groups -OCH3 is 1. The molecule has 3 rings (SSSR count). The molecule has 136 valence electrons. The first-order valence-electron chi connectivity index (χ1n) is 8.12. The summed E-state index contributed by atoms with van der Waals surface area (Å²) in [7, 11) is 1.61. The number of hydrogen-bond acceptors (Lipinski definition) is 6. The summed E-state index contributed by atoms with van der Waals surface area (Å²) in [5.41, 5.74) is 1.42. The molecule has 1 aliphatic rings. The van der Waals surface area contributed by atoms with Crippen molar-refractivity contribution in [1.82, 2.24) is 5.32 Å². The highest BCUT2D eigenvalue weighted by molar-refractivity contribution is 5.96. The molecule has 0 radical (unpaired) electrons. The molecule has 0 aromatic heterocycles. The fraction of sp³-hybridized carbons (Fsp3) is 0.263. The SMILES string of the molecule is COc1ccc(CCOC(=O)CNC(=O)c2ccc3c(c2)OCO3)cc1. The Hall–Kier alpha value is -3.22. The van der Waals surface area contributed by atoms with Gasteiger partial charge in [0.15, 0.2) is 11.5 Å². The van der Waals surface area contributed by atoms with Gasteiger partial charge in [-0.15, -0.1) is 0 Å². The summed E-state index contributed by atoms with van der Waals surface area (Å²) in [6.45, 7) is 0.182. The Bertz CT molecular complexity index is 787. The topological polar surface area (TPSA) is 83.1 Å². The van der Waals surface area contributed by atoms with Crippen molar-refractivity contribution in [3.63, 3.8) is 0 Å². The summed E-state index contributed by atoms with van der Waals surface area (Å²) in [6.07, 6.45) is 0.589. The first-order chi connectivity index (χ1) is 12.7. The quantitative estimate of drug-likeness (QED) is 0.763. The van der Waals surface area contributed by atoms with Gasteiger partial charge in [0.05, 0.1) is 13.7 Å². The number of rotatable bonds is 7. The lowest BCUT2D eigenvalue weighted by Gasteiger charge is -2.08. The van der Waals surface area contributed by atoms with E-state index in [2.05, 4.69) is 5.32 Å². The van der Waals surface area contributed by atoms with Crippen LogP contribution < -0.4 is 19.5 Å². The van der Waals surface area contributed by atoms with Crippen LogP contribution in [0.5, 0.6) is 17.2 Å². The van der Waals surface area contributed by atoms with E-state index >= 15 is 0 Å². The lowest BCUT2D eigenvalue weighted by Crippen LogP contribution is -2.30. The molecule has 1 amide bonds. The Morgan fingerprint density at radius 1 is 1.08 bits per heavy atom. The number of ether oxygens (including phenoxy) is 4. The van der Waals surface area contributed by atoms with Gasteiger partial charge in [-0.3, -0.25) is 9.59 Å². The number of carbonyl (C=O) groups excluding carboxylic acids is 2. The van der Waals surface area contributed by atoms with Crippen LogP contribution in [0.25, 0.3) is 0 Å². The van der Waals surface area contributed by atoms with Crippen molar-refractivity contribution in [1.29, 1.82) is 0 Å². The van der Waals surface area contributed by atoms with Crippen LogP contribution in [0.1, 0.15) is 15.9 Å². The van der Waals surface area contributed by atoms with Crippen LogP contribution >= 0.6 is 0 Å². The maximum Gasteiger partial charge on any atom is 0.325 e. The van der Waals surface area contributed by atoms with E-state index in [1.54, 1.807) is 25.3 Å². The van der Waals surface area contributed by atoms with Crippen LogP contribution in [0, 0.1) is 0 Å². The Morgan fingerprint density at radius 3 is 2.62 bits per heavy atom. The number of hydrogen-bond donors (Lipinski definition) is 1. The molecule has 0 aliphatic carbocycles. The molecule has 26 heavy (non-hydrogen) atoms. The van der Waals surface area contributed by atoms with Crippen molar-refractivity contribution < 1.29 is 28.5 Å². The molecular formula is C19H19NO6. The van der Waals surface area contributed by atoms with Gasteiger partial charge in [0, 0.05) is 12.0 Å². The second-order valence-electron chi connectivity index (χ2n) is 5.57. The molecule has 7 nitrogen and oxygen atoms in total. The van der Waals surface area contributed by atoms with Gasteiger partial charge in [0.1, 0.15) is 12.3 Å². The zero-order valence-electron chi connectivity index (χ0n) is 14.3. The average molecular weight is 357 g/mol. The minimum Gasteiger partial charge on any atom is -0.497 e. The molecule has 0 saturated carbocycles. The third-order valence-electron chi connectivity index (χ3n) is 3.84. The number of benzene rings is 2. The van der Waals surface area contributed by atoms with Gasteiger partial charge in [-0.1, -0.05) is 12.1 Å². The predicted octanol–water partition coefficient (Wildman–Crippen LogP) is 1.94. The van der Waals surface area contributed by atoms with E-state index in [0.29, 0.717) is 23.5 Å². The van der Waals surface area contributed by atoms with Gasteiger partial charge < -0.3 is 24.3 Å². The minimum absolute atomic E-state index is 0.140. The number of nitrogens with one attached hydrogen (secondary N) is 1. The highest BCUT2D eigenvalue weighted by Gasteiger charge is 2.16. The van der Waals surface area contributed by atoms with E-state index in [-0.39, 0.29) is 25.9 Å². The van der Waals surface area contributed by atoms with Gasteiger partial charge >= 0.3 is 5.97 Å². The van der Waals surface area contributed by atoms with Crippen molar-refractivity contribution in [2.45, 2.75) is 6.42 Å². The van der Waals surface area contributed by atoms with Gasteiger partial charge in [-0.05, 0) is 35.9 Å². The first kappa shape index (κ1) is 17.6. The first-order valence-corrected chi connectivity index (χ1v) is 8.12. The zero-order chi connectivity index (χ0) is 18.4. The normalized spacial score (nSPS) is 11.7. The predicted molar refractivity (Wildman–Crippen MR) is 92.6 cm³/mol. The lowest BCUT2D eigenvalue weighted by atomic mass is 10.1. The van der Waals surface area contributed by atoms with Crippen molar-refractivity contribution >= 4 is 11.9 Å². The van der Waals surface area contributed by atoms with Gasteiger partial charge in [-0.25, -0.2) is 0 Å². The summed E-state index contributed by atoms with van der Waals surface area (Å²) >= 11 is 0. The maximum atomic E-state index is 12.1. The molecule has 1 N–H and O–H groups in total. The van der Waals surface area contributed by atoms with Crippen molar-refractivity contribution in [3.8, 4) is 17.2 Å². The Labute approximate surface area is 150 Å². The second-order valence-corrected chi connectivity index (χ2v) is 5.57. The summed E-state index contributed by atoms with van der Waals surface area (Å²) < 4.78 is 20.6. The van der Waals surface area contributed by atoms with Gasteiger partial charge in [-0.2, -0.15) is 0 Å². The molecule has 0 unspecified atom stereocenters. The van der Waals surface area contributed by atoms with E-state index in [0.717, 1.165) is 11.3 Å². The third-order valence-corrected chi connectivity index (χ3v) is 3.84. The molecule has 0 saturated heterocycles. The van der Waals surface area contributed by atoms with E-state index in [9.17, 15) is 9.59 Å². The summed E-state index contributed by atoms with van der Waals surface area (Å²) in [5.74, 6) is 1.01. The smallest absolute Gasteiger partial charge is 0.325 e. The monoisotopic (exact) mass is 357 g/mol. The zero-order valence-corrected chi connectivity index (χ0v) is 14.3. The number of amides is 1. The molecule has 1 aliphatic heterocycles. The molecule has 0 atom stereocenters. The fourth-order valence-corrected chi connectivity index (χ4v) is 2.42. The van der Waals surface area contributed by atoms with Crippen LogP contribution in [0.3, 0.4) is 0 Å². The standard InChI is InChI=1S/C19H19NO6/c1-23-15-5-2-13(3-6-15)8-9-24-18(21)11-20-19(22)14-4-7-16-17(10-14)26-12-25-16/h2-7,10H,8-9,11-12H2,1H3,(H,20,22). The van der Waals surface area contributed by atoms with Crippen molar-refractivity contribution in [3.05, 3.63) is 53.6 Å². The Balaban J connectivity index is 1.40. The Kier molecular flexibility index (Phi) is 5.58. The molecular weight excluding hydrogens is 338 g/mol. The number of carbonyl (C=O) groups is 2. The molecule has 1 heterocycles.